The molecular weight excluding hydrogens is 415 g/mol. The summed E-state index contributed by atoms with van der Waals surface area (Å²) in [5, 5.41) is 13.9. The Balaban J connectivity index is 1.52. The van der Waals surface area contributed by atoms with Crippen LogP contribution in [0, 0.1) is 29.5 Å². The predicted octanol–water partition coefficient (Wildman–Crippen LogP) is 6.73. The first-order chi connectivity index (χ1) is 15.8. The SMILES string of the molecule is Cc1nn(-c2ccccc2)c(Oc2ccc(F)cc2)c1C=NN=C1CC2CCC1(C)C2(C)C. The molecule has 0 saturated heterocycles. The molecule has 2 aliphatic carbocycles. The molecule has 33 heavy (non-hydrogen) atoms. The second-order valence-electron chi connectivity index (χ2n) is 9.89. The summed E-state index contributed by atoms with van der Waals surface area (Å²) in [6.07, 6.45) is 5.19. The number of nitrogens with zero attached hydrogens (tertiary/aromatic N) is 4. The number of aromatic nitrogens is 2. The number of hydrogen-bond acceptors (Lipinski definition) is 4. The first-order valence-corrected chi connectivity index (χ1v) is 11.5. The molecule has 2 atom stereocenters. The molecule has 5 nitrogen and oxygen atoms in total. The Bertz CT molecular complexity index is 1230. The molecule has 0 spiro atoms. The van der Waals surface area contributed by atoms with Crippen LogP contribution in [0.4, 0.5) is 4.39 Å². The minimum absolute atomic E-state index is 0.103. The summed E-state index contributed by atoms with van der Waals surface area (Å²) in [5.74, 6) is 1.41. The van der Waals surface area contributed by atoms with Gasteiger partial charge < -0.3 is 4.74 Å². The van der Waals surface area contributed by atoms with E-state index in [2.05, 4.69) is 25.9 Å². The minimum atomic E-state index is -0.310. The lowest BCUT2D eigenvalue weighted by Crippen LogP contribution is -2.32. The second-order valence-corrected chi connectivity index (χ2v) is 9.89. The van der Waals surface area contributed by atoms with E-state index in [0.29, 0.717) is 17.5 Å². The van der Waals surface area contributed by atoms with Crippen molar-refractivity contribution in [1.82, 2.24) is 9.78 Å². The highest BCUT2D eigenvalue weighted by molar-refractivity contribution is 5.95. The molecule has 0 amide bonds. The number of aryl methyl sites for hydroxylation is 1. The molecule has 170 valence electrons. The lowest BCUT2D eigenvalue weighted by Gasteiger charge is -2.34. The van der Waals surface area contributed by atoms with Crippen molar-refractivity contribution in [1.29, 1.82) is 0 Å². The fourth-order valence-corrected chi connectivity index (χ4v) is 5.36. The van der Waals surface area contributed by atoms with E-state index in [0.717, 1.165) is 23.4 Å². The Labute approximate surface area is 194 Å². The van der Waals surface area contributed by atoms with Crippen molar-refractivity contribution in [3.05, 3.63) is 71.7 Å². The van der Waals surface area contributed by atoms with Crippen LogP contribution < -0.4 is 4.74 Å². The van der Waals surface area contributed by atoms with Gasteiger partial charge >= 0.3 is 0 Å². The van der Waals surface area contributed by atoms with Crippen LogP contribution in [-0.4, -0.2) is 21.7 Å². The van der Waals surface area contributed by atoms with Crippen molar-refractivity contribution >= 4 is 11.9 Å². The van der Waals surface area contributed by atoms with Gasteiger partial charge in [-0.2, -0.15) is 20.0 Å². The van der Waals surface area contributed by atoms with Gasteiger partial charge in [0.2, 0.25) is 5.88 Å². The van der Waals surface area contributed by atoms with Crippen LogP contribution in [0.3, 0.4) is 0 Å². The number of rotatable bonds is 5. The van der Waals surface area contributed by atoms with Gasteiger partial charge in [0.25, 0.3) is 0 Å². The molecule has 2 saturated carbocycles. The number of halogens is 1. The monoisotopic (exact) mass is 444 g/mol. The quantitative estimate of drug-likeness (QED) is 0.323. The maximum absolute atomic E-state index is 13.4. The fraction of sp³-hybridized carbons (Fsp3) is 0.370. The van der Waals surface area contributed by atoms with Gasteiger partial charge in [0.1, 0.15) is 11.6 Å². The fourth-order valence-electron chi connectivity index (χ4n) is 5.36. The van der Waals surface area contributed by atoms with Crippen molar-refractivity contribution < 1.29 is 9.13 Å². The summed E-state index contributed by atoms with van der Waals surface area (Å²) < 4.78 is 21.3. The van der Waals surface area contributed by atoms with Gasteiger partial charge in [0.15, 0.2) is 0 Å². The molecule has 2 fully saturated rings. The maximum Gasteiger partial charge on any atom is 0.231 e. The van der Waals surface area contributed by atoms with E-state index in [9.17, 15) is 4.39 Å². The van der Waals surface area contributed by atoms with Crippen molar-refractivity contribution in [2.24, 2.45) is 27.0 Å². The normalized spacial score (nSPS) is 24.8. The summed E-state index contributed by atoms with van der Waals surface area (Å²) in [6.45, 7) is 8.97. The van der Waals surface area contributed by atoms with Crippen LogP contribution >= 0.6 is 0 Å². The summed E-state index contributed by atoms with van der Waals surface area (Å²) in [6, 6.07) is 15.7. The highest BCUT2D eigenvalue weighted by Crippen LogP contribution is 2.64. The standard InChI is InChI=1S/C27H29FN4O/c1-18-23(17-29-30-24-16-19-14-15-27(24,4)26(19,2)3)25(33-22-12-10-20(28)11-13-22)32(31-18)21-8-6-5-7-9-21/h5-13,17,19H,14-16H2,1-4H3. The van der Waals surface area contributed by atoms with E-state index in [1.807, 2.05) is 37.3 Å². The van der Waals surface area contributed by atoms with Crippen molar-refractivity contribution in [3.8, 4) is 17.3 Å². The lowest BCUT2D eigenvalue weighted by atomic mass is 9.70. The van der Waals surface area contributed by atoms with Crippen molar-refractivity contribution in [2.75, 3.05) is 0 Å². The lowest BCUT2D eigenvalue weighted by molar-refractivity contribution is 0.194. The number of fused-ring (bicyclic) bond motifs is 2. The summed E-state index contributed by atoms with van der Waals surface area (Å²) in [4.78, 5) is 0. The Kier molecular flexibility index (Phi) is 5.19. The molecule has 0 aliphatic heterocycles. The van der Waals surface area contributed by atoms with Crippen molar-refractivity contribution in [3.63, 3.8) is 0 Å². The first kappa shape index (κ1) is 21.6. The molecular formula is C27H29FN4O. The van der Waals surface area contributed by atoms with Crippen LogP contribution in [0.1, 0.15) is 51.3 Å². The number of hydrogen-bond donors (Lipinski definition) is 0. The molecule has 5 rings (SSSR count). The highest BCUT2D eigenvalue weighted by Gasteiger charge is 2.60. The Morgan fingerprint density at radius 3 is 2.45 bits per heavy atom. The van der Waals surface area contributed by atoms with Crippen LogP contribution in [-0.2, 0) is 0 Å². The summed E-state index contributed by atoms with van der Waals surface area (Å²) in [7, 11) is 0. The van der Waals surface area contributed by atoms with E-state index in [1.165, 1.54) is 30.7 Å². The number of ether oxygens (including phenoxy) is 1. The van der Waals surface area contributed by atoms with Gasteiger partial charge in [-0.25, -0.2) is 4.39 Å². The van der Waals surface area contributed by atoms with Gasteiger partial charge in [0, 0.05) is 11.1 Å². The largest absolute Gasteiger partial charge is 0.438 e. The third-order valence-corrected chi connectivity index (χ3v) is 7.97. The molecule has 2 aromatic carbocycles. The zero-order chi connectivity index (χ0) is 23.2. The minimum Gasteiger partial charge on any atom is -0.438 e. The Morgan fingerprint density at radius 2 is 1.82 bits per heavy atom. The molecule has 1 heterocycles. The van der Waals surface area contributed by atoms with Gasteiger partial charge in [-0.15, -0.1) is 0 Å². The Hall–Kier alpha value is -3.28. The smallest absolute Gasteiger partial charge is 0.231 e. The molecule has 1 aromatic heterocycles. The number of para-hydroxylation sites is 1. The third-order valence-electron chi connectivity index (χ3n) is 7.97. The van der Waals surface area contributed by atoms with Gasteiger partial charge in [-0.1, -0.05) is 39.0 Å². The van der Waals surface area contributed by atoms with Gasteiger partial charge in [0.05, 0.1) is 23.2 Å². The zero-order valence-corrected chi connectivity index (χ0v) is 19.5. The third kappa shape index (κ3) is 3.58. The topological polar surface area (TPSA) is 51.8 Å². The van der Waals surface area contributed by atoms with E-state index in [1.54, 1.807) is 23.0 Å². The molecule has 2 bridgehead atoms. The predicted molar refractivity (Wildman–Crippen MR) is 129 cm³/mol. The van der Waals surface area contributed by atoms with Crippen LogP contribution in [0.15, 0.2) is 64.8 Å². The highest BCUT2D eigenvalue weighted by atomic mass is 19.1. The summed E-state index contributed by atoms with van der Waals surface area (Å²) >= 11 is 0. The van der Waals surface area contributed by atoms with E-state index in [4.69, 9.17) is 14.9 Å². The van der Waals surface area contributed by atoms with E-state index in [-0.39, 0.29) is 16.6 Å². The average Bonchev–Trinajstić information content (AvgIpc) is 3.30. The first-order valence-electron chi connectivity index (χ1n) is 11.5. The maximum atomic E-state index is 13.4. The molecule has 2 unspecified atom stereocenters. The van der Waals surface area contributed by atoms with E-state index >= 15 is 0 Å². The van der Waals surface area contributed by atoms with Crippen LogP contribution in [0.25, 0.3) is 5.69 Å². The second kappa shape index (κ2) is 7.94. The van der Waals surface area contributed by atoms with Gasteiger partial charge in [-0.05, 0) is 73.9 Å². The molecule has 0 N–H and O–H groups in total. The molecule has 3 aromatic rings. The van der Waals surface area contributed by atoms with Crippen molar-refractivity contribution in [2.45, 2.75) is 47.0 Å². The Morgan fingerprint density at radius 1 is 1.09 bits per heavy atom. The zero-order valence-electron chi connectivity index (χ0n) is 19.5. The molecule has 2 aliphatic rings. The van der Waals surface area contributed by atoms with Crippen LogP contribution in [0.5, 0.6) is 11.6 Å². The molecule has 6 heteroatoms. The summed E-state index contributed by atoms with van der Waals surface area (Å²) in [5.41, 5.74) is 3.94. The van der Waals surface area contributed by atoms with Crippen LogP contribution in [0.2, 0.25) is 0 Å². The van der Waals surface area contributed by atoms with E-state index < -0.39 is 0 Å². The average molecular weight is 445 g/mol. The molecule has 0 radical (unpaired) electrons. The number of benzene rings is 2. The van der Waals surface area contributed by atoms with Gasteiger partial charge in [-0.3, -0.25) is 0 Å².